The van der Waals surface area contributed by atoms with E-state index in [1.54, 1.807) is 41.8 Å². The van der Waals surface area contributed by atoms with E-state index >= 15 is 0 Å². The number of thiophene rings is 1. The number of benzene rings is 1. The molecule has 0 unspecified atom stereocenters. The van der Waals surface area contributed by atoms with Gasteiger partial charge in [-0.2, -0.15) is 0 Å². The van der Waals surface area contributed by atoms with E-state index in [1.165, 1.54) is 0 Å². The molecule has 3 heterocycles. The Hall–Kier alpha value is -2.99. The summed E-state index contributed by atoms with van der Waals surface area (Å²) in [6.07, 6.45) is 1.67. The van der Waals surface area contributed by atoms with Gasteiger partial charge < -0.3 is 10.8 Å². The van der Waals surface area contributed by atoms with Gasteiger partial charge in [-0.25, -0.2) is 15.0 Å². The van der Waals surface area contributed by atoms with Crippen LogP contribution >= 0.6 is 11.3 Å². The summed E-state index contributed by atoms with van der Waals surface area (Å²) in [6.45, 7) is 0. The Morgan fingerprint density at radius 2 is 1.91 bits per heavy atom. The molecule has 0 atom stereocenters. The predicted molar refractivity (Wildman–Crippen MR) is 92.2 cm³/mol. The van der Waals surface area contributed by atoms with Crippen LogP contribution in [-0.2, 0) is 0 Å². The lowest BCUT2D eigenvalue weighted by Gasteiger charge is -2.07. The number of fused-ring (bicyclic) bond motifs is 1. The number of hydrogen-bond donors (Lipinski definition) is 2. The normalized spacial score (nSPS) is 11.0. The molecule has 0 bridgehead atoms. The molecule has 4 aromatic rings. The number of hydrogen-bond acceptors (Lipinski definition) is 6. The SMILES string of the molecule is Nc1cc(-c2nc(-c3cccc(O)c3)nc3ccsc23)ccn1. The molecule has 0 radical (unpaired) electrons. The number of rotatable bonds is 2. The first kappa shape index (κ1) is 13.7. The maximum atomic E-state index is 9.69. The lowest BCUT2D eigenvalue weighted by Crippen LogP contribution is -1.95. The first-order chi connectivity index (χ1) is 11.2. The maximum absolute atomic E-state index is 9.69. The molecule has 1 aromatic carbocycles. The van der Waals surface area contributed by atoms with Crippen molar-refractivity contribution < 1.29 is 5.11 Å². The van der Waals surface area contributed by atoms with Crippen LogP contribution in [-0.4, -0.2) is 20.1 Å². The average Bonchev–Trinajstić information content (AvgIpc) is 3.02. The van der Waals surface area contributed by atoms with Crippen molar-refractivity contribution in [1.29, 1.82) is 0 Å². The summed E-state index contributed by atoms with van der Waals surface area (Å²) >= 11 is 1.59. The average molecular weight is 320 g/mol. The second-order valence-corrected chi connectivity index (χ2v) is 5.97. The molecule has 0 amide bonds. The van der Waals surface area contributed by atoms with Crippen molar-refractivity contribution in [1.82, 2.24) is 15.0 Å². The minimum Gasteiger partial charge on any atom is -0.508 e. The summed E-state index contributed by atoms with van der Waals surface area (Å²) in [5, 5.41) is 11.7. The highest BCUT2D eigenvalue weighted by Crippen LogP contribution is 2.33. The molecule has 0 spiro atoms. The molecular formula is C17H12N4OS. The van der Waals surface area contributed by atoms with Crippen molar-refractivity contribution >= 4 is 27.4 Å². The topological polar surface area (TPSA) is 84.9 Å². The molecule has 0 saturated carbocycles. The fourth-order valence-electron chi connectivity index (χ4n) is 2.43. The number of pyridine rings is 1. The monoisotopic (exact) mass is 320 g/mol. The highest BCUT2D eigenvalue weighted by molar-refractivity contribution is 7.17. The van der Waals surface area contributed by atoms with Crippen LogP contribution in [0, 0.1) is 0 Å². The van der Waals surface area contributed by atoms with Crippen molar-refractivity contribution in [3.63, 3.8) is 0 Å². The zero-order valence-electron chi connectivity index (χ0n) is 12.0. The molecule has 6 heteroatoms. The zero-order valence-corrected chi connectivity index (χ0v) is 12.8. The third-order valence-electron chi connectivity index (χ3n) is 3.46. The van der Waals surface area contributed by atoms with Gasteiger partial charge in [0.2, 0.25) is 0 Å². The first-order valence-corrected chi connectivity index (χ1v) is 7.85. The third-order valence-corrected chi connectivity index (χ3v) is 4.37. The van der Waals surface area contributed by atoms with E-state index < -0.39 is 0 Å². The first-order valence-electron chi connectivity index (χ1n) is 6.97. The van der Waals surface area contributed by atoms with Crippen molar-refractivity contribution in [2.24, 2.45) is 0 Å². The van der Waals surface area contributed by atoms with Crippen LogP contribution in [0.5, 0.6) is 5.75 Å². The summed E-state index contributed by atoms with van der Waals surface area (Å²) in [5.74, 6) is 1.20. The highest BCUT2D eigenvalue weighted by Gasteiger charge is 2.13. The quantitative estimate of drug-likeness (QED) is 0.588. The van der Waals surface area contributed by atoms with E-state index in [0.29, 0.717) is 11.6 Å². The summed E-state index contributed by atoms with van der Waals surface area (Å²) in [4.78, 5) is 13.3. The molecule has 3 N–H and O–H groups in total. The van der Waals surface area contributed by atoms with Crippen molar-refractivity contribution in [2.45, 2.75) is 0 Å². The van der Waals surface area contributed by atoms with Crippen molar-refractivity contribution in [3.05, 3.63) is 54.0 Å². The van der Waals surface area contributed by atoms with Crippen LogP contribution in [0.25, 0.3) is 32.9 Å². The smallest absolute Gasteiger partial charge is 0.160 e. The van der Waals surface area contributed by atoms with E-state index in [-0.39, 0.29) is 5.75 Å². The fourth-order valence-corrected chi connectivity index (χ4v) is 3.27. The summed E-state index contributed by atoms with van der Waals surface area (Å²) < 4.78 is 1.000. The van der Waals surface area contributed by atoms with Gasteiger partial charge in [-0.1, -0.05) is 12.1 Å². The number of aromatic nitrogens is 3. The second kappa shape index (κ2) is 5.33. The van der Waals surface area contributed by atoms with Gasteiger partial charge in [0.05, 0.1) is 15.9 Å². The molecule has 0 fully saturated rings. The van der Waals surface area contributed by atoms with Gasteiger partial charge in [0.25, 0.3) is 0 Å². The maximum Gasteiger partial charge on any atom is 0.160 e. The molecule has 0 aliphatic carbocycles. The van der Waals surface area contributed by atoms with E-state index in [0.717, 1.165) is 27.0 Å². The Morgan fingerprint density at radius 1 is 1.00 bits per heavy atom. The molecule has 4 rings (SSSR count). The summed E-state index contributed by atoms with van der Waals surface area (Å²) in [7, 11) is 0. The van der Waals surface area contributed by atoms with Crippen LogP contribution in [0.3, 0.4) is 0 Å². The fraction of sp³-hybridized carbons (Fsp3) is 0. The zero-order chi connectivity index (χ0) is 15.8. The Kier molecular flexibility index (Phi) is 3.17. The van der Waals surface area contributed by atoms with Crippen molar-refractivity contribution in [2.75, 3.05) is 5.73 Å². The van der Waals surface area contributed by atoms with Gasteiger partial charge in [0.15, 0.2) is 5.82 Å². The van der Waals surface area contributed by atoms with Gasteiger partial charge in [-0.3, -0.25) is 0 Å². The molecule has 0 saturated heterocycles. The number of phenols is 1. The molecule has 112 valence electrons. The minimum absolute atomic E-state index is 0.186. The predicted octanol–water partition coefficient (Wildman–Crippen LogP) is 3.71. The molecular weight excluding hydrogens is 308 g/mol. The van der Waals surface area contributed by atoms with E-state index in [2.05, 4.69) is 9.97 Å². The lowest BCUT2D eigenvalue weighted by atomic mass is 10.1. The molecule has 23 heavy (non-hydrogen) atoms. The van der Waals surface area contributed by atoms with Gasteiger partial charge in [-0.05, 0) is 35.7 Å². The second-order valence-electron chi connectivity index (χ2n) is 5.05. The van der Waals surface area contributed by atoms with E-state index in [4.69, 9.17) is 10.7 Å². The molecule has 0 aliphatic heterocycles. The van der Waals surface area contributed by atoms with E-state index in [1.807, 2.05) is 23.6 Å². The van der Waals surface area contributed by atoms with Gasteiger partial charge in [0.1, 0.15) is 11.6 Å². The number of phenolic OH excluding ortho intramolecular Hbond substituents is 1. The molecule has 0 aliphatic rings. The third kappa shape index (κ3) is 2.49. The Bertz CT molecular complexity index is 1010. The lowest BCUT2D eigenvalue weighted by molar-refractivity contribution is 0.475. The number of nitrogens with two attached hydrogens (primary N) is 1. The minimum atomic E-state index is 0.186. The Labute approximate surface area is 136 Å². The van der Waals surface area contributed by atoms with Gasteiger partial charge in [0, 0.05) is 17.3 Å². The highest BCUT2D eigenvalue weighted by atomic mass is 32.1. The number of nitrogen functional groups attached to an aromatic ring is 1. The van der Waals surface area contributed by atoms with Crippen molar-refractivity contribution in [3.8, 4) is 28.4 Å². The summed E-state index contributed by atoms with van der Waals surface area (Å²) in [6, 6.07) is 12.6. The van der Waals surface area contributed by atoms with Gasteiger partial charge in [-0.15, -0.1) is 11.3 Å². The number of anilines is 1. The van der Waals surface area contributed by atoms with Gasteiger partial charge >= 0.3 is 0 Å². The molecule has 5 nitrogen and oxygen atoms in total. The number of aromatic hydroxyl groups is 1. The number of nitrogens with zero attached hydrogens (tertiary/aromatic N) is 3. The summed E-state index contributed by atoms with van der Waals surface area (Å²) in [5.41, 5.74) is 9.15. The Balaban J connectivity index is 1.98. The van der Waals surface area contributed by atoms with E-state index in [9.17, 15) is 5.11 Å². The molecule has 3 aromatic heterocycles. The Morgan fingerprint density at radius 3 is 2.74 bits per heavy atom. The van der Waals surface area contributed by atoms with Crippen LogP contribution in [0.2, 0.25) is 0 Å². The van der Waals surface area contributed by atoms with Crippen LogP contribution in [0.4, 0.5) is 5.82 Å². The standard InChI is InChI=1S/C17H12N4OS/c18-14-9-10(4-6-19-14)15-16-13(5-7-23-16)20-17(21-15)11-2-1-3-12(22)8-11/h1-9,22H,(H2,18,19). The largest absolute Gasteiger partial charge is 0.508 e. The van der Waals surface area contributed by atoms with Crippen LogP contribution in [0.1, 0.15) is 0 Å². The van der Waals surface area contributed by atoms with Crippen LogP contribution in [0.15, 0.2) is 54.0 Å². The van der Waals surface area contributed by atoms with Crippen LogP contribution < -0.4 is 5.73 Å².